The highest BCUT2D eigenvalue weighted by Gasteiger charge is 2.27. The molecule has 2 aromatic heterocycles. The summed E-state index contributed by atoms with van der Waals surface area (Å²) in [4.78, 5) is 53.3. The smallest absolute Gasteiger partial charge is 0.328 e. The number of likely N-dealkylation sites (N-methyl/N-ethyl adjacent to an activating group) is 1. The van der Waals surface area contributed by atoms with Crippen LogP contribution >= 0.6 is 12.2 Å². The first-order valence-corrected chi connectivity index (χ1v) is 12.8. The molecule has 0 aliphatic carbocycles. The predicted molar refractivity (Wildman–Crippen MR) is 148 cm³/mol. The maximum Gasteiger partial charge on any atom is 0.328 e. The molecule has 1 fully saturated rings. The third-order valence-electron chi connectivity index (χ3n) is 6.73. The number of carbonyl (C=O) groups excluding carboxylic acids is 3. The van der Waals surface area contributed by atoms with Gasteiger partial charge in [-0.1, -0.05) is 12.2 Å². The molecule has 0 radical (unpaired) electrons. The van der Waals surface area contributed by atoms with Gasteiger partial charge in [0.15, 0.2) is 6.29 Å². The number of thiocarbonyl (C=S) groups is 1. The van der Waals surface area contributed by atoms with Crippen molar-refractivity contribution in [1.29, 1.82) is 5.26 Å². The molecule has 0 spiro atoms. The van der Waals surface area contributed by atoms with E-state index >= 15 is 0 Å². The number of nitrogens with one attached hydrogen (secondary N) is 1. The number of hydrogen-bond acceptors (Lipinski definition) is 9. The first-order chi connectivity index (χ1) is 18.3. The fourth-order valence-electron chi connectivity index (χ4n) is 4.64. The van der Waals surface area contributed by atoms with Crippen molar-refractivity contribution in [3.63, 3.8) is 0 Å². The van der Waals surface area contributed by atoms with Crippen molar-refractivity contribution >= 4 is 53.1 Å². The first kappa shape index (κ1) is 27.1. The first-order valence-electron chi connectivity index (χ1n) is 12.4. The molecule has 0 saturated carbocycles. The van der Waals surface area contributed by atoms with Gasteiger partial charge in [0.2, 0.25) is 0 Å². The molecule has 0 bridgehead atoms. The highest BCUT2D eigenvalue weighted by molar-refractivity contribution is 7.80. The number of pyridine rings is 2. The Bertz CT molecular complexity index is 1290. The van der Waals surface area contributed by atoms with Gasteiger partial charge >= 0.3 is 6.03 Å². The molecular weight excluding hydrogens is 504 g/mol. The third-order valence-corrected chi connectivity index (χ3v) is 7.12. The highest BCUT2D eigenvalue weighted by atomic mass is 32.1. The van der Waals surface area contributed by atoms with Crippen LogP contribution in [0.4, 0.5) is 22.1 Å². The largest absolute Gasteiger partial charge is 0.373 e. The van der Waals surface area contributed by atoms with Crippen LogP contribution in [-0.4, -0.2) is 90.2 Å². The quantitative estimate of drug-likeness (QED) is 0.398. The summed E-state index contributed by atoms with van der Waals surface area (Å²) in [5, 5.41) is 12.2. The lowest BCUT2D eigenvalue weighted by atomic mass is 10.0. The lowest BCUT2D eigenvalue weighted by Gasteiger charge is -2.35. The second-order valence-electron chi connectivity index (χ2n) is 9.45. The normalized spacial score (nSPS) is 15.4. The molecule has 2 aliphatic heterocycles. The highest BCUT2D eigenvalue weighted by Crippen LogP contribution is 2.29. The third kappa shape index (κ3) is 5.95. The van der Waals surface area contributed by atoms with Gasteiger partial charge < -0.3 is 14.6 Å². The summed E-state index contributed by atoms with van der Waals surface area (Å²) in [5.74, 6) is 0.724. The number of anilines is 3. The van der Waals surface area contributed by atoms with Crippen LogP contribution < -0.4 is 15.1 Å². The lowest BCUT2D eigenvalue weighted by molar-refractivity contribution is -0.107. The number of nitrogens with zero attached hydrogens (tertiary/aromatic N) is 7. The molecule has 2 aromatic rings. The molecule has 2 amide bonds. The van der Waals surface area contributed by atoms with Crippen molar-refractivity contribution in [2.75, 3.05) is 61.9 Å². The van der Waals surface area contributed by atoms with E-state index in [2.05, 4.69) is 31.2 Å². The van der Waals surface area contributed by atoms with Gasteiger partial charge in [-0.2, -0.15) is 5.26 Å². The molecule has 0 atom stereocenters. The van der Waals surface area contributed by atoms with Crippen LogP contribution in [0.3, 0.4) is 0 Å². The van der Waals surface area contributed by atoms with Crippen LogP contribution in [0, 0.1) is 11.3 Å². The zero-order valence-electron chi connectivity index (χ0n) is 21.5. The molecule has 11 nitrogen and oxygen atoms in total. The Balaban J connectivity index is 1.55. The molecule has 12 heteroatoms. The van der Waals surface area contributed by atoms with Gasteiger partial charge in [-0.15, -0.1) is 0 Å². The van der Waals surface area contributed by atoms with E-state index in [-0.39, 0.29) is 5.82 Å². The fourth-order valence-corrected chi connectivity index (χ4v) is 5.02. The maximum atomic E-state index is 13.3. The number of aromatic nitrogens is 2. The summed E-state index contributed by atoms with van der Waals surface area (Å²) in [6.45, 7) is 3.74. The standard InChI is InChI=1S/C26H30N8O3S/c1-31-8-9-33(24(38)16-31)15-19-11-18-5-3-7-34(25(18)29-21(19)17-36)26(37)30-23-12-22(20(13-27)14-28-23)32(2)6-4-10-35/h10-12,14,17H,3-9,15-16H2,1-2H3,(H,28,30,37). The number of fused-ring (bicyclic) bond motifs is 1. The summed E-state index contributed by atoms with van der Waals surface area (Å²) in [6.07, 6.45) is 4.73. The van der Waals surface area contributed by atoms with Crippen molar-refractivity contribution < 1.29 is 14.4 Å². The Morgan fingerprint density at radius 2 is 2.11 bits per heavy atom. The Kier molecular flexibility index (Phi) is 8.60. The minimum Gasteiger partial charge on any atom is -0.373 e. The molecule has 198 valence electrons. The monoisotopic (exact) mass is 534 g/mol. The molecule has 4 rings (SSSR count). The summed E-state index contributed by atoms with van der Waals surface area (Å²) in [6, 6.07) is 5.23. The van der Waals surface area contributed by atoms with Crippen molar-refractivity contribution in [2.45, 2.75) is 25.8 Å². The Labute approximate surface area is 227 Å². The summed E-state index contributed by atoms with van der Waals surface area (Å²) < 4.78 is 0. The van der Waals surface area contributed by atoms with E-state index in [0.29, 0.717) is 55.4 Å². The number of carbonyl (C=O) groups is 3. The minimum absolute atomic E-state index is 0.268. The fraction of sp³-hybridized carbons (Fsp3) is 0.423. The molecule has 2 aliphatic rings. The van der Waals surface area contributed by atoms with Crippen molar-refractivity contribution in [2.24, 2.45) is 0 Å². The summed E-state index contributed by atoms with van der Waals surface area (Å²) >= 11 is 5.55. The van der Waals surface area contributed by atoms with Gasteiger partial charge in [0.05, 0.1) is 16.2 Å². The number of urea groups is 1. The van der Waals surface area contributed by atoms with Gasteiger partial charge in [0, 0.05) is 70.6 Å². The number of hydrogen-bond donors (Lipinski definition) is 1. The van der Waals surface area contributed by atoms with Crippen LogP contribution in [0.1, 0.15) is 40.0 Å². The Hall–Kier alpha value is -3.95. The molecule has 0 aromatic carbocycles. The van der Waals surface area contributed by atoms with Crippen LogP contribution in [-0.2, 0) is 17.8 Å². The second kappa shape index (κ2) is 12.1. The molecule has 1 saturated heterocycles. The molecule has 4 heterocycles. The predicted octanol–water partition coefficient (Wildman–Crippen LogP) is 2.25. The van der Waals surface area contributed by atoms with E-state index in [1.165, 1.54) is 11.1 Å². The van der Waals surface area contributed by atoms with Gasteiger partial charge in [-0.05, 0) is 31.5 Å². The van der Waals surface area contributed by atoms with Crippen LogP contribution in [0.15, 0.2) is 18.3 Å². The summed E-state index contributed by atoms with van der Waals surface area (Å²) in [5.41, 5.74) is 2.88. The zero-order chi connectivity index (χ0) is 27.2. The summed E-state index contributed by atoms with van der Waals surface area (Å²) in [7, 11) is 3.80. The van der Waals surface area contributed by atoms with E-state index in [1.807, 2.05) is 13.1 Å². The number of aldehydes is 2. The van der Waals surface area contributed by atoms with Crippen molar-refractivity contribution in [3.8, 4) is 6.07 Å². The van der Waals surface area contributed by atoms with Gasteiger partial charge in [-0.3, -0.25) is 19.9 Å². The minimum atomic E-state index is -0.429. The molecule has 1 N–H and O–H groups in total. The van der Waals surface area contributed by atoms with E-state index in [4.69, 9.17) is 12.2 Å². The topological polar surface area (TPSA) is 126 Å². The molecule has 0 unspecified atom stereocenters. The van der Waals surface area contributed by atoms with Crippen LogP contribution in [0.2, 0.25) is 0 Å². The second-order valence-corrected chi connectivity index (χ2v) is 9.92. The average molecular weight is 535 g/mol. The number of amides is 2. The zero-order valence-corrected chi connectivity index (χ0v) is 22.3. The number of aryl methyl sites for hydroxylation is 1. The van der Waals surface area contributed by atoms with Gasteiger partial charge in [0.25, 0.3) is 0 Å². The number of nitriles is 1. The maximum absolute atomic E-state index is 13.3. The molecular formula is C26H30N8O3S. The van der Waals surface area contributed by atoms with Crippen molar-refractivity contribution in [3.05, 3.63) is 40.7 Å². The van der Waals surface area contributed by atoms with Crippen molar-refractivity contribution in [1.82, 2.24) is 19.8 Å². The van der Waals surface area contributed by atoms with Crippen LogP contribution in [0.5, 0.6) is 0 Å². The van der Waals surface area contributed by atoms with Gasteiger partial charge in [-0.25, -0.2) is 14.8 Å². The van der Waals surface area contributed by atoms with E-state index in [0.717, 1.165) is 54.6 Å². The average Bonchev–Trinajstić information content (AvgIpc) is 2.92. The van der Waals surface area contributed by atoms with Gasteiger partial charge in [0.1, 0.15) is 29.7 Å². The SMILES string of the molecule is CN1CCN(Cc2cc3c(nc2C=O)N(C(=O)Nc2cc(N(C)CCC=O)c(C#N)cn2)CCC3)C(=S)C1. The Morgan fingerprint density at radius 3 is 2.82 bits per heavy atom. The van der Waals surface area contributed by atoms with E-state index in [1.54, 1.807) is 18.0 Å². The Morgan fingerprint density at radius 1 is 1.29 bits per heavy atom. The lowest BCUT2D eigenvalue weighted by Crippen LogP contribution is -2.47. The van der Waals surface area contributed by atoms with Crippen LogP contribution in [0.25, 0.3) is 0 Å². The van der Waals surface area contributed by atoms with E-state index < -0.39 is 6.03 Å². The number of piperazine rings is 1. The number of rotatable bonds is 8. The van der Waals surface area contributed by atoms with E-state index in [9.17, 15) is 19.6 Å². The molecule has 38 heavy (non-hydrogen) atoms.